The zero-order valence-electron chi connectivity index (χ0n) is 12.0. The van der Waals surface area contributed by atoms with E-state index in [2.05, 4.69) is 5.32 Å². The third kappa shape index (κ3) is 6.22. The second-order valence-corrected chi connectivity index (χ2v) is 5.21. The number of carboxylic acid groups (broad SMARTS) is 1. The Morgan fingerprint density at radius 2 is 1.90 bits per heavy atom. The molecule has 0 aliphatic carbocycles. The van der Waals surface area contributed by atoms with Crippen molar-refractivity contribution in [3.05, 3.63) is 35.6 Å². The zero-order valence-corrected chi connectivity index (χ0v) is 12.0. The van der Waals surface area contributed by atoms with Gasteiger partial charge in [-0.25, -0.2) is 9.18 Å². The molecule has 0 fully saturated rings. The van der Waals surface area contributed by atoms with E-state index in [1.807, 2.05) is 0 Å². The van der Waals surface area contributed by atoms with Crippen LogP contribution in [0.25, 0.3) is 0 Å². The molecule has 0 aliphatic rings. The van der Waals surface area contributed by atoms with Gasteiger partial charge >= 0.3 is 12.0 Å². The van der Waals surface area contributed by atoms with Crippen molar-refractivity contribution >= 4 is 12.0 Å². The van der Waals surface area contributed by atoms with E-state index in [-0.39, 0.29) is 18.9 Å². The van der Waals surface area contributed by atoms with E-state index in [0.29, 0.717) is 0 Å². The van der Waals surface area contributed by atoms with Gasteiger partial charge in [-0.2, -0.15) is 0 Å². The van der Waals surface area contributed by atoms with Crippen LogP contribution in [0, 0.1) is 5.82 Å². The smallest absolute Gasteiger partial charge is 0.317 e. The van der Waals surface area contributed by atoms with Crippen molar-refractivity contribution in [2.75, 3.05) is 13.6 Å². The third-order valence-corrected chi connectivity index (χ3v) is 2.83. The standard InChI is InChI=1S/C14H19FN2O4/c1-14(21,7-12(18)19)9-16-13(20)17(2)8-10-3-5-11(15)6-4-10/h3-6,21H,7-9H2,1-2H3,(H,16,20)(H,18,19). The summed E-state index contributed by atoms with van der Waals surface area (Å²) in [5.41, 5.74) is -0.760. The molecule has 0 radical (unpaired) electrons. The van der Waals surface area contributed by atoms with Crippen LogP contribution in [-0.4, -0.2) is 46.3 Å². The molecular weight excluding hydrogens is 279 g/mol. The summed E-state index contributed by atoms with van der Waals surface area (Å²) in [6, 6.07) is 5.29. The number of nitrogens with one attached hydrogen (secondary N) is 1. The minimum Gasteiger partial charge on any atom is -0.481 e. The summed E-state index contributed by atoms with van der Waals surface area (Å²) in [6.45, 7) is 1.43. The molecule has 0 aliphatic heterocycles. The number of carbonyl (C=O) groups excluding carboxylic acids is 1. The van der Waals surface area contributed by atoms with Gasteiger partial charge in [0.15, 0.2) is 0 Å². The summed E-state index contributed by atoms with van der Waals surface area (Å²) in [6.07, 6.45) is -0.463. The molecule has 21 heavy (non-hydrogen) atoms. The van der Waals surface area contributed by atoms with Crippen molar-refractivity contribution < 1.29 is 24.2 Å². The Morgan fingerprint density at radius 1 is 1.33 bits per heavy atom. The van der Waals surface area contributed by atoms with Crippen LogP contribution < -0.4 is 5.32 Å². The number of carbonyl (C=O) groups is 2. The van der Waals surface area contributed by atoms with E-state index >= 15 is 0 Å². The Balaban J connectivity index is 2.47. The highest BCUT2D eigenvalue weighted by molar-refractivity contribution is 5.74. The topological polar surface area (TPSA) is 89.9 Å². The number of hydrogen-bond acceptors (Lipinski definition) is 3. The number of benzene rings is 1. The molecule has 1 atom stereocenters. The van der Waals surface area contributed by atoms with Crippen LogP contribution in [0.4, 0.5) is 9.18 Å². The second kappa shape index (κ2) is 7.03. The number of halogens is 1. The Bertz CT molecular complexity index is 502. The fourth-order valence-electron chi connectivity index (χ4n) is 1.72. The summed E-state index contributed by atoms with van der Waals surface area (Å²) in [5, 5.41) is 20.9. The average Bonchev–Trinajstić information content (AvgIpc) is 2.37. The minimum absolute atomic E-state index is 0.175. The number of amides is 2. The fourth-order valence-corrected chi connectivity index (χ4v) is 1.72. The molecule has 0 saturated carbocycles. The first-order chi connectivity index (χ1) is 9.69. The SMILES string of the molecule is CN(Cc1ccc(F)cc1)C(=O)NCC(C)(O)CC(=O)O. The van der Waals surface area contributed by atoms with Crippen molar-refractivity contribution in [3.8, 4) is 0 Å². The number of hydrogen-bond donors (Lipinski definition) is 3. The molecule has 0 spiro atoms. The molecule has 6 nitrogen and oxygen atoms in total. The second-order valence-electron chi connectivity index (χ2n) is 5.21. The maximum absolute atomic E-state index is 12.8. The molecular formula is C14H19FN2O4. The molecule has 1 aromatic rings. The van der Waals surface area contributed by atoms with Gasteiger partial charge in [0.2, 0.25) is 0 Å². The highest BCUT2D eigenvalue weighted by Gasteiger charge is 2.25. The van der Waals surface area contributed by atoms with Crippen molar-refractivity contribution in [1.82, 2.24) is 10.2 Å². The van der Waals surface area contributed by atoms with Gasteiger partial charge in [0.25, 0.3) is 0 Å². The first-order valence-corrected chi connectivity index (χ1v) is 6.37. The van der Waals surface area contributed by atoms with E-state index < -0.39 is 24.0 Å². The summed E-state index contributed by atoms with van der Waals surface area (Å²) < 4.78 is 12.8. The van der Waals surface area contributed by atoms with Gasteiger partial charge in [0, 0.05) is 20.1 Å². The van der Waals surface area contributed by atoms with Gasteiger partial charge in [-0.15, -0.1) is 0 Å². The van der Waals surface area contributed by atoms with Crippen molar-refractivity contribution in [2.45, 2.75) is 25.5 Å². The molecule has 0 aromatic heterocycles. The van der Waals surface area contributed by atoms with Gasteiger partial charge in [-0.1, -0.05) is 12.1 Å². The van der Waals surface area contributed by atoms with Crippen LogP contribution in [0.1, 0.15) is 18.9 Å². The lowest BCUT2D eigenvalue weighted by Crippen LogP contribution is -2.46. The predicted molar refractivity (Wildman–Crippen MR) is 74.1 cm³/mol. The van der Waals surface area contributed by atoms with Crippen molar-refractivity contribution in [3.63, 3.8) is 0 Å². The van der Waals surface area contributed by atoms with Crippen molar-refractivity contribution in [2.24, 2.45) is 0 Å². The lowest BCUT2D eigenvalue weighted by atomic mass is 10.0. The number of carboxylic acids is 1. The third-order valence-electron chi connectivity index (χ3n) is 2.83. The lowest BCUT2D eigenvalue weighted by molar-refractivity contribution is -0.141. The first-order valence-electron chi connectivity index (χ1n) is 6.37. The van der Waals surface area contributed by atoms with E-state index in [4.69, 9.17) is 5.11 Å². The van der Waals surface area contributed by atoms with E-state index in [1.54, 1.807) is 19.2 Å². The average molecular weight is 298 g/mol. The van der Waals surface area contributed by atoms with Crippen LogP contribution in [0.2, 0.25) is 0 Å². The molecule has 1 aromatic carbocycles. The van der Waals surface area contributed by atoms with Crippen LogP contribution >= 0.6 is 0 Å². The summed E-state index contributed by atoms with van der Waals surface area (Å²) in [4.78, 5) is 23.7. The molecule has 1 unspecified atom stereocenters. The number of aliphatic carboxylic acids is 1. The fraction of sp³-hybridized carbons (Fsp3) is 0.429. The van der Waals surface area contributed by atoms with Gasteiger partial charge in [-0.3, -0.25) is 4.79 Å². The molecule has 3 N–H and O–H groups in total. The van der Waals surface area contributed by atoms with Gasteiger partial charge < -0.3 is 20.4 Å². The largest absolute Gasteiger partial charge is 0.481 e. The zero-order chi connectivity index (χ0) is 16.0. The lowest BCUT2D eigenvalue weighted by Gasteiger charge is -2.24. The molecule has 2 amide bonds. The summed E-state index contributed by atoms with van der Waals surface area (Å²) in [7, 11) is 1.55. The number of urea groups is 1. The minimum atomic E-state index is -1.52. The summed E-state index contributed by atoms with van der Waals surface area (Å²) in [5.74, 6) is -1.50. The maximum atomic E-state index is 12.8. The van der Waals surface area contributed by atoms with Crippen LogP contribution in [0.5, 0.6) is 0 Å². The van der Waals surface area contributed by atoms with Crippen LogP contribution in [-0.2, 0) is 11.3 Å². The Hall–Kier alpha value is -2.15. The van der Waals surface area contributed by atoms with Gasteiger partial charge in [-0.05, 0) is 24.6 Å². The first kappa shape index (κ1) is 16.9. The highest BCUT2D eigenvalue weighted by atomic mass is 19.1. The number of rotatable bonds is 6. The van der Waals surface area contributed by atoms with Crippen LogP contribution in [0.3, 0.4) is 0 Å². The number of nitrogens with zero attached hydrogens (tertiary/aromatic N) is 1. The quantitative estimate of drug-likeness (QED) is 0.736. The molecule has 116 valence electrons. The van der Waals surface area contributed by atoms with Crippen molar-refractivity contribution in [1.29, 1.82) is 0 Å². The monoisotopic (exact) mass is 298 g/mol. The van der Waals surface area contributed by atoms with Gasteiger partial charge in [0.05, 0.1) is 12.0 Å². The maximum Gasteiger partial charge on any atom is 0.317 e. The Labute approximate surface area is 122 Å². The van der Waals surface area contributed by atoms with Crippen LogP contribution in [0.15, 0.2) is 24.3 Å². The van der Waals surface area contributed by atoms with E-state index in [1.165, 1.54) is 24.0 Å². The van der Waals surface area contributed by atoms with E-state index in [9.17, 15) is 19.1 Å². The Morgan fingerprint density at radius 3 is 2.43 bits per heavy atom. The molecule has 7 heteroatoms. The molecule has 0 heterocycles. The Kier molecular flexibility index (Phi) is 5.66. The molecule has 0 bridgehead atoms. The normalized spacial score (nSPS) is 13.3. The molecule has 0 saturated heterocycles. The highest BCUT2D eigenvalue weighted by Crippen LogP contribution is 2.09. The van der Waals surface area contributed by atoms with Gasteiger partial charge in [0.1, 0.15) is 5.82 Å². The molecule has 1 rings (SSSR count). The van der Waals surface area contributed by atoms with E-state index in [0.717, 1.165) is 5.56 Å². The number of aliphatic hydroxyl groups is 1. The predicted octanol–water partition coefficient (Wildman–Crippen LogP) is 1.19. The summed E-state index contributed by atoms with van der Waals surface area (Å²) >= 11 is 0.